The molecule has 1 aliphatic rings. The van der Waals surface area contributed by atoms with Gasteiger partial charge in [0.15, 0.2) is 0 Å². The van der Waals surface area contributed by atoms with Crippen LogP contribution in [0.1, 0.15) is 63.5 Å². The average Bonchev–Trinajstić information content (AvgIpc) is 3.22. The topological polar surface area (TPSA) is 66.4 Å². The predicted molar refractivity (Wildman–Crippen MR) is 214 cm³/mol. The molecule has 0 aromatic heterocycles. The van der Waals surface area contributed by atoms with E-state index in [9.17, 15) is 5.11 Å². The van der Waals surface area contributed by atoms with Crippen LogP contribution in [0.3, 0.4) is 0 Å². The maximum atomic E-state index is 10.8. The Balaban J connectivity index is 1.26. The molecule has 5 atom stereocenters. The lowest BCUT2D eigenvalue weighted by molar-refractivity contribution is -0.272. The molecule has 5 aromatic carbocycles. The Morgan fingerprint density at radius 2 is 1.19 bits per heavy atom. The van der Waals surface area contributed by atoms with Crippen LogP contribution in [0.15, 0.2) is 146 Å². The number of aliphatic hydroxyl groups is 1. The molecule has 0 aliphatic carbocycles. The number of hydrogen-bond donors (Lipinski definition) is 1. The van der Waals surface area contributed by atoms with Crippen molar-refractivity contribution in [1.29, 1.82) is 0 Å². The number of unbranched alkanes of at least 4 members (excludes halogenated alkanes) is 1. The summed E-state index contributed by atoms with van der Waals surface area (Å²) in [5.74, 6) is 0. The summed E-state index contributed by atoms with van der Waals surface area (Å²) < 4.78 is 32.7. The van der Waals surface area contributed by atoms with Crippen LogP contribution in [0, 0.1) is 6.92 Å². The first kappa shape index (κ1) is 39.3. The molecular formula is C48H54O6. The fourth-order valence-electron chi connectivity index (χ4n) is 7.01. The fourth-order valence-corrected chi connectivity index (χ4v) is 7.01. The van der Waals surface area contributed by atoms with E-state index >= 15 is 0 Å². The molecule has 282 valence electrons. The van der Waals surface area contributed by atoms with Crippen molar-refractivity contribution in [2.24, 2.45) is 0 Å². The van der Waals surface area contributed by atoms with Gasteiger partial charge in [-0.15, -0.1) is 6.58 Å². The van der Waals surface area contributed by atoms with E-state index in [2.05, 4.69) is 80.2 Å². The Morgan fingerprint density at radius 3 is 1.76 bits per heavy atom. The van der Waals surface area contributed by atoms with Gasteiger partial charge in [0, 0.05) is 6.61 Å². The average molecular weight is 727 g/mol. The van der Waals surface area contributed by atoms with Crippen molar-refractivity contribution in [3.05, 3.63) is 191 Å². The highest BCUT2D eigenvalue weighted by Crippen LogP contribution is 2.39. The first-order valence-corrected chi connectivity index (χ1v) is 19.2. The number of aliphatic hydroxyl groups excluding tert-OH is 1. The molecule has 6 rings (SSSR count). The number of hydrogen-bond acceptors (Lipinski definition) is 6. The second-order valence-electron chi connectivity index (χ2n) is 14.1. The second-order valence-corrected chi connectivity index (χ2v) is 14.1. The molecule has 5 aromatic rings. The summed E-state index contributed by atoms with van der Waals surface area (Å²) in [6.45, 7) is 8.11. The van der Waals surface area contributed by atoms with Gasteiger partial charge in [-0.1, -0.05) is 140 Å². The summed E-state index contributed by atoms with van der Waals surface area (Å²) in [5, 5.41) is 10.8. The van der Waals surface area contributed by atoms with Crippen LogP contribution in [0.5, 0.6) is 0 Å². The van der Waals surface area contributed by atoms with E-state index in [1.54, 1.807) is 6.08 Å². The minimum absolute atomic E-state index is 0.223. The van der Waals surface area contributed by atoms with Crippen molar-refractivity contribution in [3.8, 4) is 0 Å². The van der Waals surface area contributed by atoms with Gasteiger partial charge in [0.2, 0.25) is 0 Å². The lowest BCUT2D eigenvalue weighted by atomic mass is 9.88. The number of rotatable bonds is 20. The Kier molecular flexibility index (Phi) is 15.2. The Morgan fingerprint density at radius 1 is 0.630 bits per heavy atom. The first-order valence-electron chi connectivity index (χ1n) is 19.2. The SMILES string of the molecule is C=CCOCCCCc1ccc(Cc2cc(C3OC(CO)[C@@H](OCc4ccccc4)C(OCc4ccccc4)[C@H]3OCc3ccccc3)ccc2C)cc1. The van der Waals surface area contributed by atoms with E-state index in [-0.39, 0.29) is 6.61 Å². The van der Waals surface area contributed by atoms with E-state index in [0.29, 0.717) is 26.4 Å². The van der Waals surface area contributed by atoms with Crippen LogP contribution in [-0.2, 0) is 56.3 Å². The molecule has 1 fully saturated rings. The van der Waals surface area contributed by atoms with Crippen LogP contribution in [-0.4, -0.2) is 49.3 Å². The molecule has 1 heterocycles. The summed E-state index contributed by atoms with van der Waals surface area (Å²) in [5.41, 5.74) is 9.13. The second kappa shape index (κ2) is 20.9. The zero-order valence-corrected chi connectivity index (χ0v) is 31.4. The smallest absolute Gasteiger partial charge is 0.117 e. The molecule has 0 radical (unpaired) electrons. The molecule has 0 spiro atoms. The maximum Gasteiger partial charge on any atom is 0.117 e. The molecule has 1 aliphatic heterocycles. The van der Waals surface area contributed by atoms with E-state index in [1.165, 1.54) is 22.3 Å². The number of benzene rings is 5. The summed E-state index contributed by atoms with van der Waals surface area (Å²) in [6, 6.07) is 45.8. The molecule has 0 amide bonds. The van der Waals surface area contributed by atoms with Gasteiger partial charge in [0.25, 0.3) is 0 Å². The monoisotopic (exact) mass is 726 g/mol. The van der Waals surface area contributed by atoms with Gasteiger partial charge in [-0.2, -0.15) is 0 Å². The predicted octanol–water partition coefficient (Wildman–Crippen LogP) is 9.30. The molecule has 6 heteroatoms. The van der Waals surface area contributed by atoms with Gasteiger partial charge in [-0.05, 0) is 77.1 Å². The molecule has 54 heavy (non-hydrogen) atoms. The third-order valence-corrected chi connectivity index (χ3v) is 10.0. The molecule has 0 bridgehead atoms. The zero-order valence-electron chi connectivity index (χ0n) is 31.4. The van der Waals surface area contributed by atoms with Crippen molar-refractivity contribution in [3.63, 3.8) is 0 Å². The van der Waals surface area contributed by atoms with Crippen LogP contribution >= 0.6 is 0 Å². The lowest BCUT2D eigenvalue weighted by Crippen LogP contribution is -2.58. The minimum Gasteiger partial charge on any atom is -0.394 e. The summed E-state index contributed by atoms with van der Waals surface area (Å²) >= 11 is 0. The third kappa shape index (κ3) is 11.3. The van der Waals surface area contributed by atoms with E-state index in [0.717, 1.165) is 54.5 Å². The Labute approximate surface area is 321 Å². The highest BCUT2D eigenvalue weighted by Gasteiger charge is 2.48. The lowest BCUT2D eigenvalue weighted by Gasteiger charge is -2.46. The van der Waals surface area contributed by atoms with E-state index in [4.69, 9.17) is 23.7 Å². The van der Waals surface area contributed by atoms with Gasteiger partial charge in [-0.3, -0.25) is 0 Å². The molecule has 1 N–H and O–H groups in total. The number of ether oxygens (including phenoxy) is 5. The molecule has 6 nitrogen and oxygen atoms in total. The zero-order chi connectivity index (χ0) is 37.4. The van der Waals surface area contributed by atoms with Crippen LogP contribution < -0.4 is 0 Å². The van der Waals surface area contributed by atoms with Crippen molar-refractivity contribution in [2.45, 2.75) is 82.9 Å². The normalized spacial score (nSPS) is 19.8. The van der Waals surface area contributed by atoms with E-state index < -0.39 is 30.5 Å². The van der Waals surface area contributed by atoms with Gasteiger partial charge in [0.05, 0.1) is 33.0 Å². The minimum atomic E-state index is -0.637. The Bertz CT molecular complexity index is 1810. The fraction of sp³-hybridized carbons (Fsp3) is 0.333. The van der Waals surface area contributed by atoms with Gasteiger partial charge in [-0.25, -0.2) is 0 Å². The standard InChI is InChI=1S/C48H54O6/c1-3-28-50-29-14-13-15-37-23-25-38(26-24-37)30-43-31-42(27-22-36(43)2)45-47(52-34-40-18-9-5-10-19-40)48(53-35-41-20-11-6-12-21-41)46(44(32-49)54-45)51-33-39-16-7-4-8-17-39/h3-12,16-27,31,44-49H,1,13-15,28-30,32-35H2,2H3/t44?,45?,46-,47+,48?/m1/s1. The van der Waals surface area contributed by atoms with Crippen molar-refractivity contribution >= 4 is 0 Å². The summed E-state index contributed by atoms with van der Waals surface area (Å²) in [7, 11) is 0. The molecular weight excluding hydrogens is 673 g/mol. The number of aryl methyl sites for hydroxylation is 2. The maximum absolute atomic E-state index is 10.8. The molecule has 1 saturated heterocycles. The van der Waals surface area contributed by atoms with E-state index in [1.807, 2.05) is 66.7 Å². The third-order valence-electron chi connectivity index (χ3n) is 10.0. The van der Waals surface area contributed by atoms with Gasteiger partial charge < -0.3 is 28.8 Å². The van der Waals surface area contributed by atoms with Crippen LogP contribution in [0.25, 0.3) is 0 Å². The highest BCUT2D eigenvalue weighted by atomic mass is 16.6. The van der Waals surface area contributed by atoms with Crippen LogP contribution in [0.4, 0.5) is 0 Å². The van der Waals surface area contributed by atoms with Crippen molar-refractivity contribution in [1.82, 2.24) is 0 Å². The quantitative estimate of drug-likeness (QED) is 0.0638. The van der Waals surface area contributed by atoms with Gasteiger partial charge in [0.1, 0.15) is 30.5 Å². The largest absolute Gasteiger partial charge is 0.394 e. The summed E-state index contributed by atoms with van der Waals surface area (Å²) in [6.07, 6.45) is 2.93. The molecule has 0 saturated carbocycles. The molecule has 3 unspecified atom stereocenters. The van der Waals surface area contributed by atoms with Crippen LogP contribution in [0.2, 0.25) is 0 Å². The van der Waals surface area contributed by atoms with Crippen molar-refractivity contribution in [2.75, 3.05) is 19.8 Å². The van der Waals surface area contributed by atoms with Crippen molar-refractivity contribution < 1.29 is 28.8 Å². The highest BCUT2D eigenvalue weighted by molar-refractivity contribution is 5.38. The summed E-state index contributed by atoms with van der Waals surface area (Å²) in [4.78, 5) is 0. The first-order chi connectivity index (χ1) is 26.6. The Hall–Kier alpha value is -4.40. The van der Waals surface area contributed by atoms with Gasteiger partial charge >= 0.3 is 0 Å².